The van der Waals surface area contributed by atoms with E-state index in [4.69, 9.17) is 17.4 Å². The van der Waals surface area contributed by atoms with Crippen molar-refractivity contribution in [3.63, 3.8) is 0 Å². The number of nitrogens with zero attached hydrogens (tertiary/aromatic N) is 2. The van der Waals surface area contributed by atoms with Gasteiger partial charge in [0.2, 0.25) is 0 Å². The monoisotopic (exact) mass is 300 g/mol. The summed E-state index contributed by atoms with van der Waals surface area (Å²) in [5.74, 6) is 0. The highest BCUT2D eigenvalue weighted by atomic mass is 32.1. The first-order valence-corrected chi connectivity index (χ1v) is 8.30. The number of carbonyl (C=O) groups excluding carboxylic acids is 1. The van der Waals surface area contributed by atoms with E-state index in [2.05, 4.69) is 4.90 Å². The van der Waals surface area contributed by atoms with Crippen LogP contribution in [0.25, 0.3) is 0 Å². The van der Waals surface area contributed by atoms with Gasteiger partial charge in [-0.2, -0.15) is 12.6 Å². The second-order valence-electron chi connectivity index (χ2n) is 6.91. The lowest BCUT2D eigenvalue weighted by molar-refractivity contribution is 0.0120. The van der Waals surface area contributed by atoms with Gasteiger partial charge in [-0.15, -0.1) is 0 Å². The minimum atomic E-state index is -0.406. The molecule has 20 heavy (non-hydrogen) atoms. The van der Waals surface area contributed by atoms with Gasteiger partial charge in [-0.25, -0.2) is 4.79 Å². The van der Waals surface area contributed by atoms with E-state index in [0.717, 1.165) is 32.5 Å². The minimum Gasteiger partial charge on any atom is -0.444 e. The van der Waals surface area contributed by atoms with Gasteiger partial charge in [0, 0.05) is 19.1 Å². The van der Waals surface area contributed by atoms with Gasteiger partial charge in [-0.1, -0.05) is 0 Å². The van der Waals surface area contributed by atoms with Crippen molar-refractivity contribution >= 4 is 18.7 Å². The zero-order valence-corrected chi connectivity index (χ0v) is 13.9. The maximum Gasteiger partial charge on any atom is 0.410 e. The summed E-state index contributed by atoms with van der Waals surface area (Å²) in [5.41, 5.74) is -0.406. The van der Waals surface area contributed by atoms with E-state index in [0.29, 0.717) is 11.4 Å². The van der Waals surface area contributed by atoms with Gasteiger partial charge in [0.25, 0.3) is 0 Å². The Kier molecular flexibility index (Phi) is 5.24. The van der Waals surface area contributed by atoms with E-state index in [9.17, 15) is 4.79 Å². The number of likely N-dealkylation sites (tertiary alicyclic amines) is 2. The predicted molar refractivity (Wildman–Crippen MR) is 84.2 cm³/mol. The van der Waals surface area contributed by atoms with Crippen molar-refractivity contribution in [2.75, 3.05) is 19.6 Å². The van der Waals surface area contributed by atoms with Crippen molar-refractivity contribution in [2.45, 2.75) is 69.9 Å². The van der Waals surface area contributed by atoms with E-state index in [1.54, 1.807) is 0 Å². The Hall–Kier alpha value is -0.420. The summed E-state index contributed by atoms with van der Waals surface area (Å²) in [6.45, 7) is 8.50. The van der Waals surface area contributed by atoms with E-state index in [-0.39, 0.29) is 6.09 Å². The fourth-order valence-corrected chi connectivity index (χ4v) is 3.56. The molecular weight excluding hydrogens is 272 g/mol. The summed E-state index contributed by atoms with van der Waals surface area (Å²) >= 11 is 4.71. The smallest absolute Gasteiger partial charge is 0.410 e. The summed E-state index contributed by atoms with van der Waals surface area (Å²) in [4.78, 5) is 16.4. The van der Waals surface area contributed by atoms with Gasteiger partial charge < -0.3 is 9.64 Å². The van der Waals surface area contributed by atoms with Crippen molar-refractivity contribution in [2.24, 2.45) is 0 Å². The Bertz CT molecular complexity index is 335. The van der Waals surface area contributed by atoms with Crippen LogP contribution >= 0.6 is 12.6 Å². The van der Waals surface area contributed by atoms with Crippen LogP contribution in [0.15, 0.2) is 0 Å². The zero-order chi connectivity index (χ0) is 14.8. The molecule has 0 spiro atoms. The Morgan fingerprint density at radius 1 is 1.10 bits per heavy atom. The van der Waals surface area contributed by atoms with Crippen molar-refractivity contribution in [3.8, 4) is 0 Å². The van der Waals surface area contributed by atoms with Gasteiger partial charge in [0.15, 0.2) is 0 Å². The molecule has 0 N–H and O–H groups in total. The molecule has 2 fully saturated rings. The summed E-state index contributed by atoms with van der Waals surface area (Å²) in [5, 5.41) is 0.404. The molecule has 2 saturated heterocycles. The second-order valence-corrected chi connectivity index (χ2v) is 7.51. The molecule has 0 radical (unpaired) electrons. The van der Waals surface area contributed by atoms with Crippen LogP contribution in [0.2, 0.25) is 0 Å². The number of amides is 1. The topological polar surface area (TPSA) is 32.8 Å². The summed E-state index contributed by atoms with van der Waals surface area (Å²) in [6, 6.07) is 0.580. The quantitative estimate of drug-likeness (QED) is 0.755. The van der Waals surface area contributed by atoms with Gasteiger partial charge in [0.05, 0.1) is 5.37 Å². The van der Waals surface area contributed by atoms with Crippen molar-refractivity contribution < 1.29 is 9.53 Å². The Labute approximate surface area is 128 Å². The Morgan fingerprint density at radius 2 is 1.75 bits per heavy atom. The van der Waals surface area contributed by atoms with Crippen molar-refractivity contribution in [1.29, 1.82) is 0 Å². The molecule has 1 amide bonds. The molecule has 0 aromatic heterocycles. The van der Waals surface area contributed by atoms with Crippen LogP contribution in [0.1, 0.15) is 52.9 Å². The molecule has 1 atom stereocenters. The number of piperidine rings is 2. The molecule has 116 valence electrons. The van der Waals surface area contributed by atoms with Crippen LogP contribution in [0, 0.1) is 0 Å². The average molecular weight is 300 g/mol. The molecule has 0 bridgehead atoms. The van der Waals surface area contributed by atoms with Gasteiger partial charge in [-0.3, -0.25) is 4.90 Å². The SMILES string of the molecule is CC(C)(C)OC(=O)N1CCC(N2CCCCC2S)CC1. The fourth-order valence-electron chi connectivity index (χ4n) is 3.07. The molecule has 2 aliphatic rings. The summed E-state index contributed by atoms with van der Waals surface area (Å²) in [6.07, 6.45) is 5.67. The lowest BCUT2D eigenvalue weighted by Crippen LogP contribution is -2.51. The molecule has 0 aromatic rings. The molecular formula is C15H28N2O2S. The van der Waals surface area contributed by atoms with E-state index >= 15 is 0 Å². The number of hydrogen-bond acceptors (Lipinski definition) is 4. The third-order valence-electron chi connectivity index (χ3n) is 4.10. The number of hydrogen-bond donors (Lipinski definition) is 1. The maximum absolute atomic E-state index is 12.0. The third-order valence-corrected chi connectivity index (χ3v) is 4.65. The maximum atomic E-state index is 12.0. The Morgan fingerprint density at radius 3 is 2.30 bits per heavy atom. The molecule has 0 saturated carbocycles. The standard InChI is InChI=1S/C15H28N2O2S/c1-15(2,3)19-14(18)16-10-7-12(8-11-16)17-9-5-4-6-13(17)20/h12-13,20H,4-11H2,1-3H3. The van der Waals surface area contributed by atoms with Crippen LogP contribution in [-0.4, -0.2) is 52.5 Å². The van der Waals surface area contributed by atoms with E-state index in [1.165, 1.54) is 19.3 Å². The molecule has 4 nitrogen and oxygen atoms in total. The second kappa shape index (κ2) is 6.56. The molecule has 1 unspecified atom stereocenters. The molecule has 0 aliphatic carbocycles. The van der Waals surface area contributed by atoms with Crippen molar-refractivity contribution in [3.05, 3.63) is 0 Å². The van der Waals surface area contributed by atoms with Gasteiger partial charge in [-0.05, 0) is 59.4 Å². The minimum absolute atomic E-state index is 0.169. The molecule has 2 heterocycles. The third kappa shape index (κ3) is 4.29. The highest BCUT2D eigenvalue weighted by molar-refractivity contribution is 7.80. The van der Waals surface area contributed by atoms with Crippen LogP contribution in [0.3, 0.4) is 0 Å². The van der Waals surface area contributed by atoms with Crippen LogP contribution in [0.5, 0.6) is 0 Å². The highest BCUT2D eigenvalue weighted by Gasteiger charge is 2.32. The summed E-state index contributed by atoms with van der Waals surface area (Å²) < 4.78 is 5.44. The number of ether oxygens (including phenoxy) is 1. The first-order chi connectivity index (χ1) is 9.37. The summed E-state index contributed by atoms with van der Waals surface area (Å²) in [7, 11) is 0. The number of carbonyl (C=O) groups is 1. The van der Waals surface area contributed by atoms with E-state index < -0.39 is 5.60 Å². The molecule has 0 aromatic carbocycles. The molecule has 5 heteroatoms. The van der Waals surface area contributed by atoms with Crippen molar-refractivity contribution in [1.82, 2.24) is 9.80 Å². The fraction of sp³-hybridized carbons (Fsp3) is 0.933. The first-order valence-electron chi connectivity index (χ1n) is 7.78. The molecule has 2 aliphatic heterocycles. The first kappa shape index (κ1) is 16.0. The lowest BCUT2D eigenvalue weighted by atomic mass is 10.00. The van der Waals surface area contributed by atoms with Crippen LogP contribution in [-0.2, 0) is 4.74 Å². The average Bonchev–Trinajstić information content (AvgIpc) is 2.37. The van der Waals surface area contributed by atoms with Crippen LogP contribution < -0.4 is 0 Å². The van der Waals surface area contributed by atoms with Crippen LogP contribution in [0.4, 0.5) is 4.79 Å². The van der Waals surface area contributed by atoms with Gasteiger partial charge in [0.1, 0.15) is 5.60 Å². The Balaban J connectivity index is 1.81. The van der Waals surface area contributed by atoms with Gasteiger partial charge >= 0.3 is 6.09 Å². The predicted octanol–water partition coefficient (Wildman–Crippen LogP) is 3.13. The number of thiol groups is 1. The lowest BCUT2D eigenvalue weighted by Gasteiger charge is -2.43. The zero-order valence-electron chi connectivity index (χ0n) is 13.0. The molecule has 2 rings (SSSR count). The largest absolute Gasteiger partial charge is 0.444 e. The van der Waals surface area contributed by atoms with E-state index in [1.807, 2.05) is 25.7 Å². The number of rotatable bonds is 1. The highest BCUT2D eigenvalue weighted by Crippen LogP contribution is 2.27. The normalized spacial score (nSPS) is 26.6.